The number of benzene rings is 1. The van der Waals surface area contributed by atoms with Gasteiger partial charge in [-0.15, -0.1) is 0 Å². The lowest BCUT2D eigenvalue weighted by atomic mass is 10.1. The van der Waals surface area contributed by atoms with Gasteiger partial charge in [-0.2, -0.15) is 4.72 Å². The summed E-state index contributed by atoms with van der Waals surface area (Å²) in [4.78, 5) is 11.6. The van der Waals surface area contributed by atoms with Gasteiger partial charge < -0.3 is 19.9 Å². The Bertz CT molecular complexity index is 689. The van der Waals surface area contributed by atoms with Gasteiger partial charge in [0.25, 0.3) is 0 Å². The molecule has 0 saturated carbocycles. The van der Waals surface area contributed by atoms with Gasteiger partial charge >= 0.3 is 0 Å². The van der Waals surface area contributed by atoms with Gasteiger partial charge in [0.1, 0.15) is 5.54 Å². The van der Waals surface area contributed by atoms with Crippen molar-refractivity contribution in [1.29, 1.82) is 0 Å². The Morgan fingerprint density at radius 2 is 1.74 bits per heavy atom. The van der Waals surface area contributed by atoms with E-state index in [-0.39, 0.29) is 17.3 Å². The third kappa shape index (κ3) is 4.12. The molecule has 1 aromatic carbocycles. The summed E-state index contributed by atoms with van der Waals surface area (Å²) < 4.78 is 42.7. The fourth-order valence-corrected chi connectivity index (χ4v) is 3.65. The largest absolute Gasteiger partial charge is 0.493 e. The van der Waals surface area contributed by atoms with Gasteiger partial charge in [-0.05, 0) is 25.5 Å². The highest BCUT2D eigenvalue weighted by Crippen LogP contribution is 2.32. The molecule has 1 amide bonds. The number of sulfonamides is 1. The number of ether oxygens (including phenoxy) is 3. The molecule has 1 aromatic rings. The topological polar surface area (TPSA) is 117 Å². The monoisotopic (exact) mass is 346 g/mol. The van der Waals surface area contributed by atoms with Crippen molar-refractivity contribution in [2.75, 3.05) is 27.9 Å². The summed E-state index contributed by atoms with van der Waals surface area (Å²) in [5.74, 6) is -0.189. The average molecular weight is 346 g/mol. The zero-order chi connectivity index (χ0) is 17.8. The van der Waals surface area contributed by atoms with Crippen molar-refractivity contribution in [2.24, 2.45) is 5.73 Å². The van der Waals surface area contributed by atoms with E-state index in [1.54, 1.807) is 6.92 Å². The van der Waals surface area contributed by atoms with Crippen molar-refractivity contribution >= 4 is 15.9 Å². The minimum absolute atomic E-state index is 0.0428. The van der Waals surface area contributed by atoms with Crippen LogP contribution in [0.1, 0.15) is 12.5 Å². The van der Waals surface area contributed by atoms with Crippen molar-refractivity contribution in [2.45, 2.75) is 24.3 Å². The van der Waals surface area contributed by atoms with Gasteiger partial charge in [-0.3, -0.25) is 4.79 Å². The van der Waals surface area contributed by atoms with Gasteiger partial charge in [0.2, 0.25) is 15.9 Å². The van der Waals surface area contributed by atoms with Crippen molar-refractivity contribution in [3.8, 4) is 11.5 Å². The van der Waals surface area contributed by atoms with Gasteiger partial charge in [0, 0.05) is 13.2 Å². The van der Waals surface area contributed by atoms with Crippen molar-refractivity contribution < 1.29 is 27.4 Å². The summed E-state index contributed by atoms with van der Waals surface area (Å²) in [5, 5.41) is 0. The third-order valence-electron chi connectivity index (χ3n) is 3.31. The second-order valence-electron chi connectivity index (χ2n) is 5.21. The molecule has 0 heterocycles. The minimum Gasteiger partial charge on any atom is -0.493 e. The summed E-state index contributed by atoms with van der Waals surface area (Å²) in [7, 11) is 0.154. The lowest BCUT2D eigenvalue weighted by Crippen LogP contribution is -2.58. The first-order valence-electron chi connectivity index (χ1n) is 6.66. The third-order valence-corrected chi connectivity index (χ3v) is 5.05. The standard InChI is InChI=1S/C14H22N2O6S/c1-9-6-10(21-4)11(22-5)7-12(9)23(18,19)16-14(2,8-20-3)13(15)17/h6-7,16H,8H2,1-5H3,(H2,15,17). The smallest absolute Gasteiger partial charge is 0.242 e. The molecule has 130 valence electrons. The number of nitrogens with two attached hydrogens (primary N) is 1. The number of hydrogen-bond acceptors (Lipinski definition) is 6. The summed E-state index contributed by atoms with van der Waals surface area (Å²) in [6.07, 6.45) is 0. The molecule has 0 fully saturated rings. The number of aryl methyl sites for hydroxylation is 1. The van der Waals surface area contributed by atoms with Crippen LogP contribution in [0.15, 0.2) is 17.0 Å². The van der Waals surface area contributed by atoms with E-state index in [0.717, 1.165) is 0 Å². The molecule has 0 aliphatic heterocycles. The summed E-state index contributed by atoms with van der Waals surface area (Å²) in [5.41, 5.74) is 4.15. The van der Waals surface area contributed by atoms with E-state index in [1.807, 2.05) is 0 Å². The lowest BCUT2D eigenvalue weighted by molar-refractivity contribution is -0.124. The quantitative estimate of drug-likeness (QED) is 0.693. The molecule has 9 heteroatoms. The minimum atomic E-state index is -4.04. The number of primary amides is 1. The van der Waals surface area contributed by atoms with Crippen molar-refractivity contribution in [1.82, 2.24) is 4.72 Å². The number of carbonyl (C=O) groups excluding carboxylic acids is 1. The lowest BCUT2D eigenvalue weighted by Gasteiger charge is -2.26. The molecule has 1 rings (SSSR count). The van der Waals surface area contributed by atoms with E-state index < -0.39 is 21.5 Å². The number of rotatable bonds is 8. The van der Waals surface area contributed by atoms with E-state index in [4.69, 9.17) is 19.9 Å². The van der Waals surface area contributed by atoms with Crippen molar-refractivity contribution in [3.63, 3.8) is 0 Å². The average Bonchev–Trinajstić information content (AvgIpc) is 2.46. The van der Waals surface area contributed by atoms with Crippen LogP contribution in [0, 0.1) is 6.92 Å². The van der Waals surface area contributed by atoms with Crippen LogP contribution in [-0.4, -0.2) is 47.8 Å². The molecule has 0 aliphatic rings. The zero-order valence-corrected chi connectivity index (χ0v) is 14.6. The Hall–Kier alpha value is -1.84. The predicted molar refractivity (Wildman–Crippen MR) is 84.1 cm³/mol. The Balaban J connectivity index is 3.36. The number of nitrogens with one attached hydrogen (secondary N) is 1. The van der Waals surface area contributed by atoms with Crippen LogP contribution in [0.4, 0.5) is 0 Å². The molecular formula is C14H22N2O6S. The SMILES string of the molecule is COCC(C)(NS(=O)(=O)c1cc(OC)c(OC)cc1C)C(N)=O. The van der Waals surface area contributed by atoms with Crippen LogP contribution in [0.5, 0.6) is 11.5 Å². The molecule has 0 bridgehead atoms. The Morgan fingerprint density at radius 1 is 1.22 bits per heavy atom. The second kappa shape index (κ2) is 7.16. The first kappa shape index (κ1) is 19.2. The molecule has 0 aromatic heterocycles. The van der Waals surface area contributed by atoms with E-state index >= 15 is 0 Å². The van der Waals surface area contributed by atoms with Crippen LogP contribution in [0.2, 0.25) is 0 Å². The second-order valence-corrected chi connectivity index (χ2v) is 6.86. The highest BCUT2D eigenvalue weighted by atomic mass is 32.2. The molecule has 23 heavy (non-hydrogen) atoms. The number of methoxy groups -OCH3 is 3. The normalized spacial score (nSPS) is 14.1. The molecule has 0 radical (unpaired) electrons. The van der Waals surface area contributed by atoms with E-state index in [2.05, 4.69) is 4.72 Å². The maximum Gasteiger partial charge on any atom is 0.242 e. The molecule has 1 atom stereocenters. The highest BCUT2D eigenvalue weighted by molar-refractivity contribution is 7.89. The van der Waals surface area contributed by atoms with Crippen LogP contribution in [-0.2, 0) is 19.6 Å². The fraction of sp³-hybridized carbons (Fsp3) is 0.500. The van der Waals surface area contributed by atoms with Crippen LogP contribution >= 0.6 is 0 Å². The van der Waals surface area contributed by atoms with E-state index in [0.29, 0.717) is 11.3 Å². The summed E-state index contributed by atoms with van der Waals surface area (Å²) in [6, 6.07) is 2.86. The first-order chi connectivity index (χ1) is 10.6. The summed E-state index contributed by atoms with van der Waals surface area (Å²) >= 11 is 0. The first-order valence-corrected chi connectivity index (χ1v) is 8.15. The van der Waals surface area contributed by atoms with Gasteiger partial charge in [-0.25, -0.2) is 8.42 Å². The highest BCUT2D eigenvalue weighted by Gasteiger charge is 2.37. The Labute approximate surface area is 136 Å². The number of amides is 1. The molecule has 0 aliphatic carbocycles. The van der Waals surface area contributed by atoms with E-state index in [9.17, 15) is 13.2 Å². The molecule has 0 saturated heterocycles. The van der Waals surface area contributed by atoms with Crippen LogP contribution in [0.25, 0.3) is 0 Å². The molecular weight excluding hydrogens is 324 g/mol. The zero-order valence-electron chi connectivity index (χ0n) is 13.8. The van der Waals surface area contributed by atoms with Crippen molar-refractivity contribution in [3.05, 3.63) is 17.7 Å². The molecule has 1 unspecified atom stereocenters. The molecule has 8 nitrogen and oxygen atoms in total. The van der Waals surface area contributed by atoms with Gasteiger partial charge in [-0.1, -0.05) is 0 Å². The van der Waals surface area contributed by atoms with Gasteiger partial charge in [0.05, 0.1) is 25.7 Å². The Kier molecular flexibility index (Phi) is 5.98. The van der Waals surface area contributed by atoms with Gasteiger partial charge in [0.15, 0.2) is 11.5 Å². The van der Waals surface area contributed by atoms with E-state index in [1.165, 1.54) is 40.4 Å². The molecule has 0 spiro atoms. The fourth-order valence-electron chi connectivity index (χ4n) is 2.04. The van der Waals surface area contributed by atoms with Crippen LogP contribution < -0.4 is 19.9 Å². The maximum absolute atomic E-state index is 12.6. The number of hydrogen-bond donors (Lipinski definition) is 2. The molecule has 3 N–H and O–H groups in total. The Morgan fingerprint density at radius 3 is 2.17 bits per heavy atom. The number of carbonyl (C=O) groups is 1. The summed E-state index contributed by atoms with van der Waals surface area (Å²) in [6.45, 7) is 2.76. The maximum atomic E-state index is 12.6. The predicted octanol–water partition coefficient (Wildman–Crippen LogP) is 0.181. The van der Waals surface area contributed by atoms with Crippen LogP contribution in [0.3, 0.4) is 0 Å².